The highest BCUT2D eigenvalue weighted by atomic mass is 16.2. The summed E-state index contributed by atoms with van der Waals surface area (Å²) in [6.45, 7) is 8.11. The van der Waals surface area contributed by atoms with Gasteiger partial charge in [0.05, 0.1) is 6.04 Å². The molecule has 0 aromatic rings. The second kappa shape index (κ2) is 3.44. The number of piperazine rings is 1. The Morgan fingerprint density at radius 1 is 1.42 bits per heavy atom. The fourth-order valence-corrected chi connectivity index (χ4v) is 1.43. The molecule has 1 unspecified atom stereocenters. The molecular weight excluding hydrogens is 152 g/mol. The Morgan fingerprint density at radius 2 is 2.08 bits per heavy atom. The molecule has 12 heavy (non-hydrogen) atoms. The second-order valence-corrected chi connectivity index (χ2v) is 4.56. The molecule has 70 valence electrons. The minimum atomic E-state index is 0.0127. The monoisotopic (exact) mass is 170 g/mol. The van der Waals surface area contributed by atoms with Gasteiger partial charge in [-0.25, -0.2) is 0 Å². The third-order valence-electron chi connectivity index (χ3n) is 1.95. The van der Waals surface area contributed by atoms with Gasteiger partial charge in [0.2, 0.25) is 5.91 Å². The van der Waals surface area contributed by atoms with Crippen molar-refractivity contribution in [2.45, 2.75) is 33.2 Å². The van der Waals surface area contributed by atoms with Crippen LogP contribution < -0.4 is 10.6 Å². The van der Waals surface area contributed by atoms with E-state index >= 15 is 0 Å². The van der Waals surface area contributed by atoms with Gasteiger partial charge in [0.25, 0.3) is 0 Å². The summed E-state index contributed by atoms with van der Waals surface area (Å²) in [5.74, 6) is 0.149. The number of carbonyl (C=O) groups is 1. The standard InChI is InChI=1S/C9H18N2O/c1-9(2,3)6-7-8(12)11-5-4-10-7/h7,10H,4-6H2,1-3H3,(H,11,12). The van der Waals surface area contributed by atoms with Crippen LogP contribution in [0.25, 0.3) is 0 Å². The fourth-order valence-electron chi connectivity index (χ4n) is 1.43. The molecule has 0 radical (unpaired) electrons. The molecule has 1 aliphatic rings. The van der Waals surface area contributed by atoms with Crippen molar-refractivity contribution in [2.75, 3.05) is 13.1 Å². The number of carbonyl (C=O) groups excluding carboxylic acids is 1. The van der Waals surface area contributed by atoms with Gasteiger partial charge in [0, 0.05) is 13.1 Å². The Labute approximate surface area is 73.9 Å². The molecule has 0 spiro atoms. The van der Waals surface area contributed by atoms with Gasteiger partial charge < -0.3 is 10.6 Å². The lowest BCUT2D eigenvalue weighted by Gasteiger charge is -2.29. The summed E-state index contributed by atoms with van der Waals surface area (Å²) in [5.41, 5.74) is 0.215. The van der Waals surface area contributed by atoms with E-state index in [1.165, 1.54) is 0 Å². The van der Waals surface area contributed by atoms with Crippen molar-refractivity contribution in [1.82, 2.24) is 10.6 Å². The topological polar surface area (TPSA) is 41.1 Å². The molecule has 1 saturated heterocycles. The molecule has 1 amide bonds. The fraction of sp³-hybridized carbons (Fsp3) is 0.889. The van der Waals surface area contributed by atoms with Gasteiger partial charge in [-0.3, -0.25) is 4.79 Å². The Balaban J connectivity index is 2.45. The molecule has 0 aliphatic carbocycles. The lowest BCUT2D eigenvalue weighted by Crippen LogP contribution is -2.53. The number of amides is 1. The van der Waals surface area contributed by atoms with Gasteiger partial charge in [-0.1, -0.05) is 20.8 Å². The van der Waals surface area contributed by atoms with E-state index in [-0.39, 0.29) is 17.4 Å². The van der Waals surface area contributed by atoms with Gasteiger partial charge >= 0.3 is 0 Å². The maximum atomic E-state index is 11.3. The van der Waals surface area contributed by atoms with E-state index in [0.717, 1.165) is 19.5 Å². The first-order valence-corrected chi connectivity index (χ1v) is 4.50. The van der Waals surface area contributed by atoms with Crippen LogP contribution in [0.5, 0.6) is 0 Å². The van der Waals surface area contributed by atoms with Crippen LogP contribution in [0.4, 0.5) is 0 Å². The summed E-state index contributed by atoms with van der Waals surface area (Å²) in [6.07, 6.45) is 0.902. The highest BCUT2D eigenvalue weighted by molar-refractivity contribution is 5.82. The van der Waals surface area contributed by atoms with Crippen molar-refractivity contribution in [3.05, 3.63) is 0 Å². The van der Waals surface area contributed by atoms with Gasteiger partial charge in [-0.15, -0.1) is 0 Å². The smallest absolute Gasteiger partial charge is 0.237 e. The van der Waals surface area contributed by atoms with E-state index in [2.05, 4.69) is 31.4 Å². The molecular formula is C9H18N2O. The zero-order valence-electron chi connectivity index (χ0n) is 8.11. The minimum absolute atomic E-state index is 0.0127. The largest absolute Gasteiger partial charge is 0.353 e. The average Bonchev–Trinajstić information content (AvgIpc) is 1.91. The Bertz CT molecular complexity index is 172. The van der Waals surface area contributed by atoms with Crippen LogP contribution in [0.2, 0.25) is 0 Å². The summed E-state index contributed by atoms with van der Waals surface area (Å²) in [7, 11) is 0. The summed E-state index contributed by atoms with van der Waals surface area (Å²) in [6, 6.07) is 0.0127. The zero-order chi connectivity index (χ0) is 9.19. The van der Waals surface area contributed by atoms with Crippen LogP contribution >= 0.6 is 0 Å². The van der Waals surface area contributed by atoms with Crippen molar-refractivity contribution in [2.24, 2.45) is 5.41 Å². The van der Waals surface area contributed by atoms with Gasteiger partial charge in [-0.05, 0) is 11.8 Å². The van der Waals surface area contributed by atoms with E-state index in [0.29, 0.717) is 0 Å². The Kier molecular flexibility index (Phi) is 2.73. The maximum Gasteiger partial charge on any atom is 0.237 e. The predicted molar refractivity (Wildman–Crippen MR) is 48.9 cm³/mol. The van der Waals surface area contributed by atoms with Crippen molar-refractivity contribution in [3.63, 3.8) is 0 Å². The highest BCUT2D eigenvalue weighted by Crippen LogP contribution is 2.21. The van der Waals surface area contributed by atoms with E-state index in [4.69, 9.17) is 0 Å². The van der Waals surface area contributed by atoms with Crippen LogP contribution in [-0.2, 0) is 4.79 Å². The summed E-state index contributed by atoms with van der Waals surface area (Å²) in [4.78, 5) is 11.3. The van der Waals surface area contributed by atoms with E-state index in [9.17, 15) is 4.79 Å². The van der Waals surface area contributed by atoms with Crippen LogP contribution in [-0.4, -0.2) is 25.0 Å². The van der Waals surface area contributed by atoms with Crippen molar-refractivity contribution in [3.8, 4) is 0 Å². The summed E-state index contributed by atoms with van der Waals surface area (Å²) >= 11 is 0. The Morgan fingerprint density at radius 3 is 2.58 bits per heavy atom. The van der Waals surface area contributed by atoms with E-state index < -0.39 is 0 Å². The van der Waals surface area contributed by atoms with Gasteiger partial charge in [0.1, 0.15) is 0 Å². The average molecular weight is 170 g/mol. The third kappa shape index (κ3) is 2.81. The first-order valence-electron chi connectivity index (χ1n) is 4.50. The van der Waals surface area contributed by atoms with E-state index in [1.807, 2.05) is 0 Å². The molecule has 0 aromatic carbocycles. The second-order valence-electron chi connectivity index (χ2n) is 4.56. The first kappa shape index (κ1) is 9.52. The summed E-state index contributed by atoms with van der Waals surface area (Å²) in [5, 5.41) is 6.07. The molecule has 1 aliphatic heterocycles. The molecule has 1 fully saturated rings. The molecule has 0 aromatic heterocycles. The highest BCUT2D eigenvalue weighted by Gasteiger charge is 2.26. The van der Waals surface area contributed by atoms with Crippen LogP contribution in [0.3, 0.4) is 0 Å². The molecule has 0 saturated carbocycles. The third-order valence-corrected chi connectivity index (χ3v) is 1.95. The predicted octanol–water partition coefficient (Wildman–Crippen LogP) is 0.511. The van der Waals surface area contributed by atoms with Crippen LogP contribution in [0.15, 0.2) is 0 Å². The molecule has 3 heteroatoms. The van der Waals surface area contributed by atoms with Crippen molar-refractivity contribution < 1.29 is 4.79 Å². The first-order chi connectivity index (χ1) is 5.49. The minimum Gasteiger partial charge on any atom is -0.353 e. The Hall–Kier alpha value is -0.570. The SMILES string of the molecule is CC(C)(C)CC1NCCNC1=O. The zero-order valence-corrected chi connectivity index (χ0v) is 8.11. The molecule has 0 bridgehead atoms. The number of hydrogen-bond donors (Lipinski definition) is 2. The van der Waals surface area contributed by atoms with E-state index in [1.54, 1.807) is 0 Å². The molecule has 1 atom stereocenters. The van der Waals surface area contributed by atoms with Gasteiger partial charge in [-0.2, -0.15) is 0 Å². The molecule has 1 heterocycles. The normalized spacial score (nSPS) is 25.2. The maximum absolute atomic E-state index is 11.3. The van der Waals surface area contributed by atoms with Crippen LogP contribution in [0, 0.1) is 5.41 Å². The molecule has 1 rings (SSSR count). The number of nitrogens with one attached hydrogen (secondary N) is 2. The van der Waals surface area contributed by atoms with Crippen LogP contribution in [0.1, 0.15) is 27.2 Å². The van der Waals surface area contributed by atoms with Crippen molar-refractivity contribution in [1.29, 1.82) is 0 Å². The lowest BCUT2D eigenvalue weighted by atomic mass is 9.87. The quantitative estimate of drug-likeness (QED) is 0.602. The molecule has 3 nitrogen and oxygen atoms in total. The number of rotatable bonds is 1. The number of hydrogen-bond acceptors (Lipinski definition) is 2. The molecule has 2 N–H and O–H groups in total. The van der Waals surface area contributed by atoms with Gasteiger partial charge in [0.15, 0.2) is 0 Å². The summed E-state index contributed by atoms with van der Waals surface area (Å²) < 4.78 is 0. The van der Waals surface area contributed by atoms with Crippen molar-refractivity contribution >= 4 is 5.91 Å². The lowest BCUT2D eigenvalue weighted by molar-refractivity contribution is -0.125.